The number of pyridine rings is 2. The van der Waals surface area contributed by atoms with Gasteiger partial charge in [0.15, 0.2) is 0 Å². The number of carbonyl (C=O) groups excluding carboxylic acids is 2. The van der Waals surface area contributed by atoms with E-state index in [1.807, 2.05) is 25.1 Å². The van der Waals surface area contributed by atoms with Gasteiger partial charge in [0.05, 0.1) is 22.0 Å². The number of hydrogen-bond donors (Lipinski definition) is 1. The highest BCUT2D eigenvalue weighted by molar-refractivity contribution is 6.34. The van der Waals surface area contributed by atoms with Crippen molar-refractivity contribution in [1.82, 2.24) is 15.3 Å². The van der Waals surface area contributed by atoms with Gasteiger partial charge in [-0.2, -0.15) is 0 Å². The van der Waals surface area contributed by atoms with E-state index in [-0.39, 0.29) is 11.8 Å². The van der Waals surface area contributed by atoms with E-state index in [1.165, 1.54) is 13.1 Å². The van der Waals surface area contributed by atoms with Crippen LogP contribution in [0.5, 0.6) is 0 Å². The number of amides is 2. The number of hydrogen-bond acceptors (Lipinski definition) is 4. The van der Waals surface area contributed by atoms with Crippen LogP contribution in [0.4, 0.5) is 5.69 Å². The highest BCUT2D eigenvalue weighted by atomic mass is 35.5. The van der Waals surface area contributed by atoms with Crippen LogP contribution >= 0.6 is 11.6 Å². The van der Waals surface area contributed by atoms with E-state index in [0.717, 1.165) is 11.1 Å². The maximum atomic E-state index is 12.3. The molecule has 3 rings (SSSR count). The topological polar surface area (TPSA) is 75.2 Å². The molecule has 0 fully saturated rings. The number of rotatable bonds is 6. The van der Waals surface area contributed by atoms with Crippen LogP contribution in [0.3, 0.4) is 0 Å². The van der Waals surface area contributed by atoms with Gasteiger partial charge in [0.25, 0.3) is 5.91 Å². The third-order valence-electron chi connectivity index (χ3n) is 4.43. The smallest absolute Gasteiger partial charge is 0.253 e. The van der Waals surface area contributed by atoms with Gasteiger partial charge in [-0.25, -0.2) is 0 Å². The minimum Gasteiger partial charge on any atom is -0.348 e. The van der Waals surface area contributed by atoms with Crippen LogP contribution in [0, 0.1) is 0 Å². The van der Waals surface area contributed by atoms with E-state index in [0.29, 0.717) is 35.1 Å². The van der Waals surface area contributed by atoms with Gasteiger partial charge >= 0.3 is 0 Å². The van der Waals surface area contributed by atoms with E-state index in [9.17, 15) is 9.59 Å². The van der Waals surface area contributed by atoms with Crippen molar-refractivity contribution >= 4 is 29.1 Å². The molecule has 0 saturated heterocycles. The first-order valence-electron chi connectivity index (χ1n) is 9.20. The standard InChI is InChI=1S/C22H21ClN4O2/c1-3-27(15(2)28)21-9-7-17(11-19(21)23)20-8-6-18(14-25-20)22(29)26-13-16-5-4-10-24-12-16/h4-12,14H,3,13H2,1-2H3,(H,26,29). The fourth-order valence-electron chi connectivity index (χ4n) is 2.93. The number of benzene rings is 1. The highest BCUT2D eigenvalue weighted by Gasteiger charge is 2.14. The molecule has 0 atom stereocenters. The van der Waals surface area contributed by atoms with Crippen LogP contribution in [-0.4, -0.2) is 28.3 Å². The Morgan fingerprint density at radius 1 is 1.14 bits per heavy atom. The third kappa shape index (κ3) is 4.97. The minimum absolute atomic E-state index is 0.0677. The van der Waals surface area contributed by atoms with E-state index in [2.05, 4.69) is 15.3 Å². The lowest BCUT2D eigenvalue weighted by atomic mass is 10.1. The van der Waals surface area contributed by atoms with E-state index >= 15 is 0 Å². The molecule has 0 aliphatic carbocycles. The van der Waals surface area contributed by atoms with Gasteiger partial charge in [0.2, 0.25) is 5.91 Å². The molecule has 2 heterocycles. The largest absolute Gasteiger partial charge is 0.348 e. The maximum Gasteiger partial charge on any atom is 0.253 e. The molecule has 29 heavy (non-hydrogen) atoms. The molecule has 3 aromatic rings. The third-order valence-corrected chi connectivity index (χ3v) is 4.73. The molecule has 7 heteroatoms. The quantitative estimate of drug-likeness (QED) is 0.666. The molecule has 1 N–H and O–H groups in total. The molecule has 6 nitrogen and oxygen atoms in total. The van der Waals surface area contributed by atoms with Crippen molar-refractivity contribution in [3.05, 3.63) is 77.2 Å². The van der Waals surface area contributed by atoms with Crippen molar-refractivity contribution in [2.45, 2.75) is 20.4 Å². The van der Waals surface area contributed by atoms with E-state index in [4.69, 9.17) is 11.6 Å². The first-order chi connectivity index (χ1) is 14.0. The average molecular weight is 409 g/mol. The lowest BCUT2D eigenvalue weighted by Gasteiger charge is -2.20. The predicted molar refractivity (Wildman–Crippen MR) is 114 cm³/mol. The zero-order valence-corrected chi connectivity index (χ0v) is 17.0. The normalized spacial score (nSPS) is 10.4. The van der Waals surface area contributed by atoms with Crippen LogP contribution in [0.2, 0.25) is 5.02 Å². The van der Waals surface area contributed by atoms with Crippen LogP contribution in [0.15, 0.2) is 61.1 Å². The summed E-state index contributed by atoms with van der Waals surface area (Å²) in [6, 6.07) is 12.6. The Kier molecular flexibility index (Phi) is 6.57. The molecule has 0 saturated carbocycles. The summed E-state index contributed by atoms with van der Waals surface area (Å²) in [5.74, 6) is -0.275. The summed E-state index contributed by atoms with van der Waals surface area (Å²) in [6.45, 7) is 4.34. The second kappa shape index (κ2) is 9.30. The Morgan fingerprint density at radius 2 is 1.97 bits per heavy atom. The Hall–Kier alpha value is -3.25. The lowest BCUT2D eigenvalue weighted by molar-refractivity contribution is -0.116. The molecule has 0 spiro atoms. The number of halogens is 1. The van der Waals surface area contributed by atoms with Crippen molar-refractivity contribution in [3.63, 3.8) is 0 Å². The van der Waals surface area contributed by atoms with Gasteiger partial charge < -0.3 is 10.2 Å². The first kappa shape index (κ1) is 20.5. The number of nitrogens with zero attached hydrogens (tertiary/aromatic N) is 3. The lowest BCUT2D eigenvalue weighted by Crippen LogP contribution is -2.28. The summed E-state index contributed by atoms with van der Waals surface area (Å²) in [5, 5.41) is 3.31. The van der Waals surface area contributed by atoms with Crippen molar-refractivity contribution in [3.8, 4) is 11.3 Å². The molecule has 0 aliphatic heterocycles. The SMILES string of the molecule is CCN(C(C)=O)c1ccc(-c2ccc(C(=O)NCc3cccnc3)cn2)cc1Cl. The molecular weight excluding hydrogens is 388 g/mol. The van der Waals surface area contributed by atoms with Crippen molar-refractivity contribution < 1.29 is 9.59 Å². The van der Waals surface area contributed by atoms with Crippen LogP contribution in [-0.2, 0) is 11.3 Å². The predicted octanol–water partition coefficient (Wildman–Crippen LogP) is 4.10. The molecule has 1 aromatic carbocycles. The van der Waals surface area contributed by atoms with E-state index < -0.39 is 0 Å². The average Bonchev–Trinajstić information content (AvgIpc) is 2.74. The van der Waals surface area contributed by atoms with Gasteiger partial charge in [-0.05, 0) is 42.8 Å². The Labute approximate surface area is 174 Å². The Balaban J connectivity index is 1.72. The molecule has 2 amide bonds. The molecule has 0 radical (unpaired) electrons. The van der Waals surface area contributed by atoms with Crippen molar-refractivity contribution in [2.24, 2.45) is 0 Å². The first-order valence-corrected chi connectivity index (χ1v) is 9.58. The van der Waals surface area contributed by atoms with Crippen LogP contribution < -0.4 is 10.2 Å². The Morgan fingerprint density at radius 3 is 2.55 bits per heavy atom. The van der Waals surface area contributed by atoms with Crippen molar-refractivity contribution in [2.75, 3.05) is 11.4 Å². The minimum atomic E-state index is -0.207. The Bertz CT molecular complexity index is 1010. The van der Waals surface area contributed by atoms with Gasteiger partial charge in [-0.3, -0.25) is 19.6 Å². The molecule has 0 aliphatic rings. The summed E-state index contributed by atoms with van der Waals surface area (Å²) in [5.41, 5.74) is 3.55. The highest BCUT2D eigenvalue weighted by Crippen LogP contribution is 2.30. The summed E-state index contributed by atoms with van der Waals surface area (Å²) in [4.78, 5) is 34.1. The molecule has 0 unspecified atom stereocenters. The van der Waals surface area contributed by atoms with Gasteiger partial charge in [0.1, 0.15) is 0 Å². The van der Waals surface area contributed by atoms with Gasteiger partial charge in [-0.1, -0.05) is 23.7 Å². The van der Waals surface area contributed by atoms with Crippen LogP contribution in [0.25, 0.3) is 11.3 Å². The summed E-state index contributed by atoms with van der Waals surface area (Å²) in [6.07, 6.45) is 4.93. The zero-order chi connectivity index (χ0) is 20.8. The second-order valence-corrected chi connectivity index (χ2v) is 6.81. The number of carbonyl (C=O) groups is 2. The molecular formula is C22H21ClN4O2. The zero-order valence-electron chi connectivity index (χ0n) is 16.2. The molecule has 0 bridgehead atoms. The number of anilines is 1. The fourth-order valence-corrected chi connectivity index (χ4v) is 3.22. The van der Waals surface area contributed by atoms with Crippen LogP contribution in [0.1, 0.15) is 29.8 Å². The van der Waals surface area contributed by atoms with Gasteiger partial charge in [0, 0.05) is 44.2 Å². The maximum absolute atomic E-state index is 12.3. The summed E-state index contributed by atoms with van der Waals surface area (Å²) >= 11 is 6.39. The molecule has 2 aromatic heterocycles. The van der Waals surface area contributed by atoms with Gasteiger partial charge in [-0.15, -0.1) is 0 Å². The molecule has 148 valence electrons. The number of aromatic nitrogens is 2. The second-order valence-electron chi connectivity index (χ2n) is 6.41. The monoisotopic (exact) mass is 408 g/mol. The summed E-state index contributed by atoms with van der Waals surface area (Å²) in [7, 11) is 0. The summed E-state index contributed by atoms with van der Waals surface area (Å²) < 4.78 is 0. The van der Waals surface area contributed by atoms with Crippen molar-refractivity contribution in [1.29, 1.82) is 0 Å². The van der Waals surface area contributed by atoms with E-state index in [1.54, 1.807) is 41.6 Å². The number of nitrogens with one attached hydrogen (secondary N) is 1. The fraction of sp³-hybridized carbons (Fsp3) is 0.182.